The molecule has 1 aliphatic heterocycles. The average Bonchev–Trinajstić information content (AvgIpc) is 2.38. The third kappa shape index (κ3) is 2.95. The van der Waals surface area contributed by atoms with E-state index >= 15 is 0 Å². The van der Waals surface area contributed by atoms with Crippen LogP contribution in [0, 0.1) is 5.82 Å². The summed E-state index contributed by atoms with van der Waals surface area (Å²) >= 11 is 0. The Morgan fingerprint density at radius 3 is 2.55 bits per heavy atom. The summed E-state index contributed by atoms with van der Waals surface area (Å²) in [4.78, 5) is 3.83. The number of likely N-dealkylation sites (N-methyl/N-ethyl adjacent to an activating group) is 1. The van der Waals surface area contributed by atoms with Gasteiger partial charge in [-0.2, -0.15) is 13.2 Å². The molecule has 0 aliphatic carbocycles. The molecule has 0 unspecified atom stereocenters. The molecule has 0 bridgehead atoms. The van der Waals surface area contributed by atoms with Crippen molar-refractivity contribution in [2.45, 2.75) is 12.2 Å². The Labute approximate surface area is 115 Å². The third-order valence-electron chi connectivity index (χ3n) is 3.48. The van der Waals surface area contributed by atoms with Crippen molar-refractivity contribution in [1.82, 2.24) is 4.90 Å². The van der Waals surface area contributed by atoms with E-state index in [9.17, 15) is 17.6 Å². The van der Waals surface area contributed by atoms with E-state index in [4.69, 9.17) is 0 Å². The maximum atomic E-state index is 14.0. The minimum Gasteiger partial charge on any atom is -0.360 e. The Kier molecular flexibility index (Phi) is 4.04. The van der Waals surface area contributed by atoms with E-state index in [1.807, 2.05) is 7.05 Å². The van der Waals surface area contributed by atoms with Crippen LogP contribution in [0.1, 0.15) is 5.56 Å². The predicted octanol–water partition coefficient (Wildman–Crippen LogP) is 3.15. The van der Waals surface area contributed by atoms with Crippen molar-refractivity contribution in [3.63, 3.8) is 0 Å². The van der Waals surface area contributed by atoms with Crippen molar-refractivity contribution < 1.29 is 17.6 Å². The molecule has 1 aromatic rings. The van der Waals surface area contributed by atoms with Gasteiger partial charge in [0.2, 0.25) is 0 Å². The van der Waals surface area contributed by atoms with Gasteiger partial charge in [-0.15, -0.1) is 6.58 Å². The molecule has 1 atom stereocenters. The van der Waals surface area contributed by atoms with Gasteiger partial charge in [0.15, 0.2) is 0 Å². The van der Waals surface area contributed by atoms with Crippen LogP contribution in [0.25, 0.3) is 0 Å². The Bertz CT molecular complexity index is 498. The van der Waals surface area contributed by atoms with Crippen LogP contribution in [0.3, 0.4) is 0 Å². The largest absolute Gasteiger partial charge is 0.416 e. The van der Waals surface area contributed by atoms with E-state index in [1.165, 1.54) is 6.07 Å². The number of benzene rings is 1. The highest BCUT2D eigenvalue weighted by atomic mass is 19.4. The molecule has 6 heteroatoms. The first-order chi connectivity index (χ1) is 9.32. The summed E-state index contributed by atoms with van der Waals surface area (Å²) in [6, 6.07) is 2.55. The van der Waals surface area contributed by atoms with Crippen LogP contribution >= 0.6 is 0 Å². The van der Waals surface area contributed by atoms with Gasteiger partial charge in [0.25, 0.3) is 0 Å². The fraction of sp³-hybridized carbons (Fsp3) is 0.429. The third-order valence-corrected chi connectivity index (χ3v) is 3.48. The van der Waals surface area contributed by atoms with Crippen molar-refractivity contribution in [3.05, 3.63) is 42.2 Å². The molecule has 1 saturated heterocycles. The fourth-order valence-electron chi connectivity index (χ4n) is 2.37. The van der Waals surface area contributed by atoms with Crippen LogP contribution < -0.4 is 4.90 Å². The van der Waals surface area contributed by atoms with Gasteiger partial charge in [-0.3, -0.25) is 0 Å². The normalized spacial score (nSPS) is 21.1. The fourth-order valence-corrected chi connectivity index (χ4v) is 2.37. The quantitative estimate of drug-likeness (QED) is 0.609. The zero-order chi connectivity index (χ0) is 14.9. The van der Waals surface area contributed by atoms with E-state index in [-0.39, 0.29) is 11.7 Å². The summed E-state index contributed by atoms with van der Waals surface area (Å²) in [6.07, 6.45) is -2.84. The predicted molar refractivity (Wildman–Crippen MR) is 70.2 cm³/mol. The van der Waals surface area contributed by atoms with Gasteiger partial charge < -0.3 is 9.80 Å². The second kappa shape index (κ2) is 5.44. The number of halogens is 4. The highest BCUT2D eigenvalue weighted by molar-refractivity contribution is 5.52. The molecule has 1 aliphatic rings. The first-order valence-electron chi connectivity index (χ1n) is 6.27. The minimum atomic E-state index is -4.53. The first kappa shape index (κ1) is 14.8. The Hall–Kier alpha value is -1.56. The number of alkyl halides is 3. The molecule has 0 radical (unpaired) electrons. The lowest BCUT2D eigenvalue weighted by molar-refractivity contribution is -0.137. The van der Waals surface area contributed by atoms with Crippen LogP contribution in [0.15, 0.2) is 30.9 Å². The van der Waals surface area contributed by atoms with Crippen LogP contribution in [-0.4, -0.2) is 37.6 Å². The number of nitrogens with zero attached hydrogens (tertiary/aromatic N) is 2. The van der Waals surface area contributed by atoms with Crippen molar-refractivity contribution in [1.29, 1.82) is 0 Å². The van der Waals surface area contributed by atoms with Crippen LogP contribution in [0.4, 0.5) is 23.2 Å². The van der Waals surface area contributed by atoms with E-state index in [1.54, 1.807) is 11.0 Å². The maximum absolute atomic E-state index is 14.0. The lowest BCUT2D eigenvalue weighted by atomic mass is 10.1. The molecule has 1 fully saturated rings. The summed E-state index contributed by atoms with van der Waals surface area (Å²) in [5, 5.41) is 0. The van der Waals surface area contributed by atoms with Crippen LogP contribution in [0.5, 0.6) is 0 Å². The smallest absolute Gasteiger partial charge is 0.360 e. The molecule has 1 aromatic carbocycles. The summed E-state index contributed by atoms with van der Waals surface area (Å²) < 4.78 is 51.6. The zero-order valence-electron chi connectivity index (χ0n) is 11.1. The van der Waals surface area contributed by atoms with E-state index in [2.05, 4.69) is 11.5 Å². The lowest BCUT2D eigenvalue weighted by Crippen LogP contribution is -2.51. The zero-order valence-corrected chi connectivity index (χ0v) is 11.1. The van der Waals surface area contributed by atoms with Gasteiger partial charge in [0, 0.05) is 19.6 Å². The van der Waals surface area contributed by atoms with Crippen LogP contribution in [0.2, 0.25) is 0 Å². The van der Waals surface area contributed by atoms with Gasteiger partial charge in [-0.25, -0.2) is 4.39 Å². The molecule has 2 nitrogen and oxygen atoms in total. The van der Waals surface area contributed by atoms with Crippen LogP contribution in [-0.2, 0) is 6.18 Å². The molecule has 0 aromatic heterocycles. The van der Waals surface area contributed by atoms with Gasteiger partial charge in [-0.1, -0.05) is 6.08 Å². The number of rotatable bonds is 2. The van der Waals surface area contributed by atoms with Crippen molar-refractivity contribution in [3.8, 4) is 0 Å². The molecule has 0 spiro atoms. The van der Waals surface area contributed by atoms with Crippen molar-refractivity contribution >= 4 is 5.69 Å². The van der Waals surface area contributed by atoms with Crippen molar-refractivity contribution in [2.24, 2.45) is 0 Å². The van der Waals surface area contributed by atoms with Gasteiger partial charge in [-0.05, 0) is 25.2 Å². The highest BCUT2D eigenvalue weighted by Gasteiger charge is 2.32. The maximum Gasteiger partial charge on any atom is 0.416 e. The highest BCUT2D eigenvalue weighted by Crippen LogP contribution is 2.33. The summed E-state index contributed by atoms with van der Waals surface area (Å²) in [6.45, 7) is 5.66. The summed E-state index contributed by atoms with van der Waals surface area (Å²) in [5.74, 6) is -0.851. The molecular weight excluding hydrogens is 272 g/mol. The topological polar surface area (TPSA) is 6.48 Å². The number of piperazine rings is 1. The molecule has 0 amide bonds. The van der Waals surface area contributed by atoms with E-state index in [0.717, 1.165) is 12.6 Å². The lowest BCUT2D eigenvalue weighted by Gasteiger charge is -2.40. The van der Waals surface area contributed by atoms with Gasteiger partial charge in [0.1, 0.15) is 5.82 Å². The standard InChI is InChI=1S/C14H16F4N2/c1-3-11-9-19(2)6-7-20(11)13-5-4-10(8-12(13)15)14(16,17)18/h3-5,8,11H,1,6-7,9H2,2H3/t11-/m1/s1. The Morgan fingerprint density at radius 1 is 1.30 bits per heavy atom. The Balaban J connectivity index is 2.31. The number of hydrogen-bond donors (Lipinski definition) is 0. The second-order valence-corrected chi connectivity index (χ2v) is 4.92. The van der Waals surface area contributed by atoms with E-state index < -0.39 is 17.6 Å². The molecule has 0 N–H and O–H groups in total. The molecular formula is C14H16F4N2. The SMILES string of the molecule is C=C[C@@H]1CN(C)CCN1c1ccc(C(F)(F)F)cc1F. The molecule has 20 heavy (non-hydrogen) atoms. The monoisotopic (exact) mass is 288 g/mol. The Morgan fingerprint density at radius 2 is 2.00 bits per heavy atom. The molecule has 2 rings (SSSR count). The van der Waals surface area contributed by atoms with Gasteiger partial charge in [0.05, 0.1) is 17.3 Å². The van der Waals surface area contributed by atoms with Crippen molar-refractivity contribution in [2.75, 3.05) is 31.6 Å². The molecule has 1 heterocycles. The number of anilines is 1. The van der Waals surface area contributed by atoms with E-state index in [0.29, 0.717) is 19.2 Å². The second-order valence-electron chi connectivity index (χ2n) is 4.92. The summed E-state index contributed by atoms with van der Waals surface area (Å²) in [5.41, 5.74) is -0.779. The molecule has 0 saturated carbocycles. The average molecular weight is 288 g/mol. The molecule has 110 valence electrons. The van der Waals surface area contributed by atoms with Gasteiger partial charge >= 0.3 is 6.18 Å². The first-order valence-corrected chi connectivity index (χ1v) is 6.27. The summed E-state index contributed by atoms with van der Waals surface area (Å²) in [7, 11) is 1.94. The number of hydrogen-bond acceptors (Lipinski definition) is 2. The minimum absolute atomic E-state index is 0.111.